The van der Waals surface area contributed by atoms with Gasteiger partial charge >= 0.3 is 0 Å². The van der Waals surface area contributed by atoms with E-state index in [2.05, 4.69) is 50.4 Å². The fraction of sp³-hybridized carbons (Fsp3) is 0.625. The van der Waals surface area contributed by atoms with E-state index in [0.717, 1.165) is 12.8 Å². The summed E-state index contributed by atoms with van der Waals surface area (Å²) >= 11 is 0. The molecular weight excluding hydrogens is 236 g/mol. The van der Waals surface area contributed by atoms with Gasteiger partial charge in [0.2, 0.25) is 0 Å². The van der Waals surface area contributed by atoms with Crippen LogP contribution in [0.2, 0.25) is 0 Å². The second-order valence-corrected chi connectivity index (χ2v) is 5.93. The zero-order valence-electron chi connectivity index (χ0n) is 12.2. The summed E-state index contributed by atoms with van der Waals surface area (Å²) < 4.78 is 5.83. The number of benzene rings is 1. The van der Waals surface area contributed by atoms with Crippen molar-refractivity contribution in [2.24, 2.45) is 5.73 Å². The molecule has 1 aromatic carbocycles. The Balaban J connectivity index is 2.10. The normalized spacial score (nSPS) is 33.1. The summed E-state index contributed by atoms with van der Waals surface area (Å²) in [6, 6.07) is 10.8. The van der Waals surface area contributed by atoms with Crippen molar-refractivity contribution < 1.29 is 4.74 Å². The number of nitrogens with two attached hydrogens (primary N) is 1. The Morgan fingerprint density at radius 3 is 2.37 bits per heavy atom. The van der Waals surface area contributed by atoms with E-state index in [0.29, 0.717) is 12.6 Å². The van der Waals surface area contributed by atoms with Crippen LogP contribution in [0, 0.1) is 0 Å². The first-order valence-corrected chi connectivity index (χ1v) is 7.23. The van der Waals surface area contributed by atoms with Gasteiger partial charge in [0.05, 0.1) is 12.2 Å². The fourth-order valence-corrected chi connectivity index (χ4v) is 3.30. The molecule has 0 aromatic heterocycles. The molecule has 0 amide bonds. The predicted molar refractivity (Wildman–Crippen MR) is 79.0 cm³/mol. The SMILES string of the molecule is CC1CC(CN)(NC(C)c2ccccc2)CC(C)O1. The molecule has 0 radical (unpaired) electrons. The average Bonchev–Trinajstić information content (AvgIpc) is 2.38. The van der Waals surface area contributed by atoms with Crippen molar-refractivity contribution in [1.82, 2.24) is 5.32 Å². The quantitative estimate of drug-likeness (QED) is 0.877. The van der Waals surface area contributed by atoms with Gasteiger partial charge in [0, 0.05) is 18.1 Å². The van der Waals surface area contributed by atoms with Gasteiger partial charge in [0.1, 0.15) is 0 Å². The predicted octanol–water partition coefficient (Wildman–Crippen LogP) is 2.62. The number of rotatable bonds is 4. The van der Waals surface area contributed by atoms with Crippen LogP contribution in [0.25, 0.3) is 0 Å². The van der Waals surface area contributed by atoms with Gasteiger partial charge in [-0.05, 0) is 39.2 Å². The lowest BCUT2D eigenvalue weighted by atomic mass is 9.83. The first-order chi connectivity index (χ1) is 9.04. The maximum Gasteiger partial charge on any atom is 0.0568 e. The molecule has 106 valence electrons. The average molecular weight is 262 g/mol. The molecule has 0 spiro atoms. The number of nitrogens with one attached hydrogen (secondary N) is 1. The molecular formula is C16H26N2O. The van der Waals surface area contributed by atoms with Crippen LogP contribution in [0.4, 0.5) is 0 Å². The van der Waals surface area contributed by atoms with Gasteiger partial charge in [0.25, 0.3) is 0 Å². The van der Waals surface area contributed by atoms with E-state index in [1.807, 2.05) is 6.07 Å². The summed E-state index contributed by atoms with van der Waals surface area (Å²) in [5.74, 6) is 0. The van der Waals surface area contributed by atoms with Gasteiger partial charge in [0.15, 0.2) is 0 Å². The van der Waals surface area contributed by atoms with E-state index in [9.17, 15) is 0 Å². The fourth-order valence-electron chi connectivity index (χ4n) is 3.30. The number of ether oxygens (including phenoxy) is 1. The summed E-state index contributed by atoms with van der Waals surface area (Å²) in [6.45, 7) is 7.13. The topological polar surface area (TPSA) is 47.3 Å². The molecule has 19 heavy (non-hydrogen) atoms. The molecule has 0 bridgehead atoms. The molecule has 3 N–H and O–H groups in total. The van der Waals surface area contributed by atoms with Crippen LogP contribution >= 0.6 is 0 Å². The lowest BCUT2D eigenvalue weighted by molar-refractivity contribution is -0.0691. The zero-order chi connectivity index (χ0) is 13.9. The highest BCUT2D eigenvalue weighted by Crippen LogP contribution is 2.30. The Kier molecular flexibility index (Phi) is 4.61. The zero-order valence-corrected chi connectivity index (χ0v) is 12.2. The van der Waals surface area contributed by atoms with Crippen LogP contribution in [-0.2, 0) is 4.74 Å². The first-order valence-electron chi connectivity index (χ1n) is 7.23. The van der Waals surface area contributed by atoms with Crippen molar-refractivity contribution in [2.45, 2.75) is 57.4 Å². The van der Waals surface area contributed by atoms with Crippen molar-refractivity contribution in [2.75, 3.05) is 6.54 Å². The van der Waals surface area contributed by atoms with Crippen molar-refractivity contribution >= 4 is 0 Å². The van der Waals surface area contributed by atoms with E-state index < -0.39 is 0 Å². The molecule has 1 heterocycles. The second kappa shape index (κ2) is 6.04. The highest BCUT2D eigenvalue weighted by Gasteiger charge is 2.38. The molecule has 1 aromatic rings. The Morgan fingerprint density at radius 2 is 1.84 bits per heavy atom. The van der Waals surface area contributed by atoms with Crippen LogP contribution in [0.5, 0.6) is 0 Å². The first kappa shape index (κ1) is 14.5. The Bertz CT molecular complexity index is 383. The van der Waals surface area contributed by atoms with Crippen LogP contribution in [0.15, 0.2) is 30.3 Å². The summed E-state index contributed by atoms with van der Waals surface area (Å²) in [5, 5.41) is 3.75. The van der Waals surface area contributed by atoms with Gasteiger partial charge in [-0.2, -0.15) is 0 Å². The van der Waals surface area contributed by atoms with Crippen LogP contribution in [0.1, 0.15) is 45.2 Å². The minimum atomic E-state index is -0.00760. The van der Waals surface area contributed by atoms with Crippen molar-refractivity contribution in [3.63, 3.8) is 0 Å². The van der Waals surface area contributed by atoms with Crippen molar-refractivity contribution in [1.29, 1.82) is 0 Å². The van der Waals surface area contributed by atoms with Crippen molar-refractivity contribution in [3.8, 4) is 0 Å². The van der Waals surface area contributed by atoms with Crippen LogP contribution in [0.3, 0.4) is 0 Å². The van der Waals surface area contributed by atoms with Gasteiger partial charge in [-0.25, -0.2) is 0 Å². The van der Waals surface area contributed by atoms with Crippen LogP contribution < -0.4 is 11.1 Å². The Morgan fingerprint density at radius 1 is 1.26 bits per heavy atom. The third-order valence-corrected chi connectivity index (χ3v) is 4.03. The smallest absolute Gasteiger partial charge is 0.0568 e. The standard InChI is InChI=1S/C16H26N2O/c1-12-9-16(11-17,10-13(2)19-12)18-14(3)15-7-5-4-6-8-15/h4-8,12-14,18H,9-11,17H2,1-3H3. The van der Waals surface area contributed by atoms with Gasteiger partial charge < -0.3 is 15.8 Å². The molecule has 3 nitrogen and oxygen atoms in total. The monoisotopic (exact) mass is 262 g/mol. The maximum absolute atomic E-state index is 6.07. The Labute approximate surface area is 116 Å². The van der Waals surface area contributed by atoms with E-state index in [1.165, 1.54) is 5.56 Å². The summed E-state index contributed by atoms with van der Waals surface area (Å²) in [6.07, 6.45) is 2.49. The largest absolute Gasteiger partial charge is 0.375 e. The highest BCUT2D eigenvalue weighted by molar-refractivity contribution is 5.19. The second-order valence-electron chi connectivity index (χ2n) is 5.93. The maximum atomic E-state index is 6.07. The molecule has 3 atom stereocenters. The summed E-state index contributed by atoms with van der Waals surface area (Å²) in [7, 11) is 0. The molecule has 3 heteroatoms. The van der Waals surface area contributed by atoms with Gasteiger partial charge in [-0.3, -0.25) is 0 Å². The van der Waals surface area contributed by atoms with Gasteiger partial charge in [-0.15, -0.1) is 0 Å². The van der Waals surface area contributed by atoms with Gasteiger partial charge in [-0.1, -0.05) is 30.3 Å². The van der Waals surface area contributed by atoms with E-state index in [1.54, 1.807) is 0 Å². The van der Waals surface area contributed by atoms with E-state index >= 15 is 0 Å². The van der Waals surface area contributed by atoms with Crippen molar-refractivity contribution in [3.05, 3.63) is 35.9 Å². The molecule has 3 unspecified atom stereocenters. The molecule has 1 aliphatic heterocycles. The summed E-state index contributed by atoms with van der Waals surface area (Å²) in [4.78, 5) is 0. The lowest BCUT2D eigenvalue weighted by Crippen LogP contribution is -2.58. The third kappa shape index (κ3) is 3.56. The van der Waals surface area contributed by atoms with E-state index in [-0.39, 0.29) is 17.7 Å². The number of hydrogen-bond donors (Lipinski definition) is 2. The third-order valence-electron chi connectivity index (χ3n) is 4.03. The molecule has 0 saturated carbocycles. The summed E-state index contributed by atoms with van der Waals surface area (Å²) in [5.41, 5.74) is 7.37. The minimum absolute atomic E-state index is 0.00760. The number of hydrogen-bond acceptors (Lipinski definition) is 3. The van der Waals surface area contributed by atoms with Crippen LogP contribution in [-0.4, -0.2) is 24.3 Å². The van der Waals surface area contributed by atoms with E-state index in [4.69, 9.17) is 10.5 Å². The lowest BCUT2D eigenvalue weighted by Gasteiger charge is -2.44. The Hall–Kier alpha value is -0.900. The molecule has 1 fully saturated rings. The highest BCUT2D eigenvalue weighted by atomic mass is 16.5. The molecule has 1 saturated heterocycles. The molecule has 2 rings (SSSR count). The molecule has 1 aliphatic rings. The minimum Gasteiger partial charge on any atom is -0.375 e. The molecule has 0 aliphatic carbocycles.